The van der Waals surface area contributed by atoms with Crippen molar-refractivity contribution in [1.82, 2.24) is 10.0 Å². The molecule has 1 radical (unpaired) electrons. The van der Waals surface area contributed by atoms with Gasteiger partial charge in [-0.15, -0.1) is 0 Å². The molecule has 6 nitrogen and oxygen atoms in total. The highest BCUT2D eigenvalue weighted by Gasteiger charge is 2.25. The standard InChI is InChI=1S/C24H24ClN2O4S/c25-20-12-14-21(15-13-20)31-17-7-16-26-24(28)23(18-19-8-3-1-4-9-19)27-32(29,30)22-10-5-2-6-11-22/h2-6,8-15,23,27H,7,16-18H2,(H,26,28). The molecule has 3 aromatic rings. The van der Waals surface area contributed by atoms with E-state index in [2.05, 4.69) is 16.1 Å². The fourth-order valence-electron chi connectivity index (χ4n) is 2.96. The van der Waals surface area contributed by atoms with Crippen molar-refractivity contribution >= 4 is 27.5 Å². The highest BCUT2D eigenvalue weighted by molar-refractivity contribution is 7.89. The maximum atomic E-state index is 12.8. The summed E-state index contributed by atoms with van der Waals surface area (Å²) in [5.74, 6) is 0.291. The Balaban J connectivity index is 1.58. The Labute approximate surface area is 193 Å². The third-order valence-electron chi connectivity index (χ3n) is 4.60. The summed E-state index contributed by atoms with van der Waals surface area (Å²) in [4.78, 5) is 12.9. The molecule has 0 aliphatic rings. The molecule has 0 saturated carbocycles. The van der Waals surface area contributed by atoms with Crippen molar-refractivity contribution in [1.29, 1.82) is 0 Å². The van der Waals surface area contributed by atoms with Crippen molar-refractivity contribution in [3.63, 3.8) is 0 Å². The molecule has 1 amide bonds. The molecule has 0 bridgehead atoms. The first-order valence-electron chi connectivity index (χ1n) is 10.1. The van der Waals surface area contributed by atoms with Crippen LogP contribution in [0.2, 0.25) is 5.02 Å². The van der Waals surface area contributed by atoms with Crippen molar-refractivity contribution in [3.05, 3.63) is 95.5 Å². The maximum Gasteiger partial charge on any atom is 0.241 e. The van der Waals surface area contributed by atoms with Crippen molar-refractivity contribution in [2.45, 2.75) is 23.8 Å². The third-order valence-corrected chi connectivity index (χ3v) is 6.34. The highest BCUT2D eigenvalue weighted by atomic mass is 35.5. The zero-order valence-corrected chi connectivity index (χ0v) is 18.9. The highest BCUT2D eigenvalue weighted by Crippen LogP contribution is 2.15. The summed E-state index contributed by atoms with van der Waals surface area (Å²) in [7, 11) is -3.85. The van der Waals surface area contributed by atoms with Crippen LogP contribution in [-0.2, 0) is 21.2 Å². The fraction of sp³-hybridized carbons (Fsp3) is 0.208. The van der Waals surface area contributed by atoms with E-state index in [4.69, 9.17) is 16.3 Å². The Morgan fingerprint density at radius 2 is 1.69 bits per heavy atom. The van der Waals surface area contributed by atoms with E-state index in [0.717, 1.165) is 5.56 Å². The molecule has 8 heteroatoms. The second kappa shape index (κ2) is 11.7. The first kappa shape index (κ1) is 23.8. The normalized spacial score (nSPS) is 12.2. The number of benzene rings is 3. The van der Waals surface area contributed by atoms with Crippen LogP contribution in [0.3, 0.4) is 0 Å². The van der Waals surface area contributed by atoms with Gasteiger partial charge in [-0.05, 0) is 60.9 Å². The molecule has 3 aromatic carbocycles. The maximum absolute atomic E-state index is 12.8. The molecular formula is C24H24ClN2O4S. The van der Waals surface area contributed by atoms with Crippen molar-refractivity contribution in [2.75, 3.05) is 13.2 Å². The Hall–Kier alpha value is -2.87. The van der Waals surface area contributed by atoms with Gasteiger partial charge in [0.05, 0.1) is 11.5 Å². The predicted octanol–water partition coefficient (Wildman–Crippen LogP) is 3.62. The van der Waals surface area contributed by atoms with Crippen molar-refractivity contribution < 1.29 is 17.9 Å². The number of hydrogen-bond donors (Lipinski definition) is 2. The minimum absolute atomic E-state index is 0.107. The topological polar surface area (TPSA) is 84.5 Å². The SMILES string of the molecule is O=C(NCCCOc1ccc(Cl)cc1)C(Cc1cc[c]cc1)NS(=O)(=O)c1ccccc1. The van der Waals surface area contributed by atoms with E-state index in [9.17, 15) is 13.2 Å². The number of carbonyl (C=O) groups excluding carboxylic acids is 1. The molecule has 2 N–H and O–H groups in total. The number of halogens is 1. The van der Waals surface area contributed by atoms with Crippen LogP contribution in [0.5, 0.6) is 5.75 Å². The summed E-state index contributed by atoms with van der Waals surface area (Å²) in [5.41, 5.74) is 0.825. The van der Waals surface area contributed by atoms with Crippen LogP contribution in [0.1, 0.15) is 12.0 Å². The molecule has 32 heavy (non-hydrogen) atoms. The number of amides is 1. The number of sulfonamides is 1. The van der Waals surface area contributed by atoms with Crippen LogP contribution < -0.4 is 14.8 Å². The second-order valence-electron chi connectivity index (χ2n) is 7.05. The van der Waals surface area contributed by atoms with E-state index in [-0.39, 0.29) is 11.3 Å². The molecule has 0 fully saturated rings. The van der Waals surface area contributed by atoms with Crippen LogP contribution in [0.25, 0.3) is 0 Å². The van der Waals surface area contributed by atoms with Gasteiger partial charge in [-0.1, -0.05) is 54.1 Å². The molecule has 1 atom stereocenters. The van der Waals surface area contributed by atoms with E-state index >= 15 is 0 Å². The van der Waals surface area contributed by atoms with Crippen LogP contribution >= 0.6 is 11.6 Å². The Bertz CT molecular complexity index is 1090. The van der Waals surface area contributed by atoms with Crippen molar-refractivity contribution in [2.24, 2.45) is 0 Å². The van der Waals surface area contributed by atoms with Crippen LogP contribution in [0, 0.1) is 6.07 Å². The Kier molecular flexibility index (Phi) is 8.67. The number of ether oxygens (including phenoxy) is 1. The summed E-state index contributed by atoms with van der Waals surface area (Å²) < 4.78 is 33.7. The summed E-state index contributed by atoms with van der Waals surface area (Å²) >= 11 is 5.85. The van der Waals surface area contributed by atoms with Crippen LogP contribution in [0.4, 0.5) is 0 Å². The molecule has 1 unspecified atom stereocenters. The fourth-order valence-corrected chi connectivity index (χ4v) is 4.31. The van der Waals surface area contributed by atoms with Gasteiger partial charge in [0.1, 0.15) is 11.8 Å². The van der Waals surface area contributed by atoms with Gasteiger partial charge in [0, 0.05) is 11.6 Å². The number of nitrogens with one attached hydrogen (secondary N) is 2. The summed E-state index contributed by atoms with van der Waals surface area (Å²) in [5, 5.41) is 3.43. The Morgan fingerprint density at radius 1 is 1.00 bits per heavy atom. The molecule has 0 saturated heterocycles. The number of hydrogen-bond acceptors (Lipinski definition) is 4. The minimum Gasteiger partial charge on any atom is -0.494 e. The lowest BCUT2D eigenvalue weighted by molar-refractivity contribution is -0.122. The molecule has 3 rings (SSSR count). The van der Waals surface area contributed by atoms with Gasteiger partial charge < -0.3 is 10.1 Å². The summed E-state index contributed by atoms with van der Waals surface area (Å²) in [6.45, 7) is 0.745. The average molecular weight is 472 g/mol. The van der Waals surface area contributed by atoms with E-state index in [0.29, 0.717) is 30.3 Å². The first-order valence-corrected chi connectivity index (χ1v) is 12.0. The quantitative estimate of drug-likeness (QED) is 0.418. The van der Waals surface area contributed by atoms with Crippen LogP contribution in [0.15, 0.2) is 83.8 Å². The van der Waals surface area contributed by atoms with Crippen molar-refractivity contribution in [3.8, 4) is 5.75 Å². The molecule has 0 aliphatic heterocycles. The Morgan fingerprint density at radius 3 is 2.38 bits per heavy atom. The van der Waals surface area contributed by atoms with Gasteiger partial charge in [-0.25, -0.2) is 8.42 Å². The van der Waals surface area contributed by atoms with Gasteiger partial charge in [0.15, 0.2) is 0 Å². The van der Waals surface area contributed by atoms with Gasteiger partial charge in [0.2, 0.25) is 15.9 Å². The van der Waals surface area contributed by atoms with Gasteiger partial charge in [-0.2, -0.15) is 4.72 Å². The summed E-state index contributed by atoms with van der Waals surface area (Å²) in [6, 6.07) is 24.0. The predicted molar refractivity (Wildman–Crippen MR) is 124 cm³/mol. The average Bonchev–Trinajstić information content (AvgIpc) is 2.80. The molecule has 0 spiro atoms. The third kappa shape index (κ3) is 7.37. The van der Waals surface area contributed by atoms with Gasteiger partial charge >= 0.3 is 0 Å². The monoisotopic (exact) mass is 471 g/mol. The molecule has 0 aliphatic carbocycles. The molecule has 167 valence electrons. The number of rotatable bonds is 11. The zero-order chi connectivity index (χ0) is 22.8. The van der Waals surface area contributed by atoms with Gasteiger partial charge in [-0.3, -0.25) is 4.79 Å². The lowest BCUT2D eigenvalue weighted by atomic mass is 10.1. The zero-order valence-electron chi connectivity index (χ0n) is 17.3. The first-order chi connectivity index (χ1) is 15.4. The van der Waals surface area contributed by atoms with E-state index < -0.39 is 22.0 Å². The second-order valence-corrected chi connectivity index (χ2v) is 9.20. The molecular weight excluding hydrogens is 448 g/mol. The minimum atomic E-state index is -3.85. The van der Waals surface area contributed by atoms with E-state index in [1.54, 1.807) is 66.7 Å². The number of carbonyl (C=O) groups is 1. The lowest BCUT2D eigenvalue weighted by Crippen LogP contribution is -2.48. The van der Waals surface area contributed by atoms with E-state index in [1.807, 2.05) is 0 Å². The lowest BCUT2D eigenvalue weighted by Gasteiger charge is -2.19. The summed E-state index contributed by atoms with van der Waals surface area (Å²) in [6.07, 6.45) is 0.778. The molecule has 0 aromatic heterocycles. The molecule has 0 heterocycles. The smallest absolute Gasteiger partial charge is 0.241 e. The van der Waals surface area contributed by atoms with E-state index in [1.165, 1.54) is 12.1 Å². The van der Waals surface area contributed by atoms with Crippen LogP contribution in [-0.4, -0.2) is 33.5 Å². The van der Waals surface area contributed by atoms with Gasteiger partial charge in [0.25, 0.3) is 0 Å². The largest absolute Gasteiger partial charge is 0.494 e.